The maximum absolute atomic E-state index is 12.5. The zero-order chi connectivity index (χ0) is 45.8. The lowest BCUT2D eigenvalue weighted by molar-refractivity contribution is -0.143. The highest BCUT2D eigenvalue weighted by atomic mass is 16.5. The molecule has 0 aromatic rings. The number of hydrogen-bond donors (Lipinski definition) is 3. The van der Waals surface area contributed by atoms with E-state index in [4.69, 9.17) is 4.74 Å². The highest BCUT2D eigenvalue weighted by Crippen LogP contribution is 2.17. The van der Waals surface area contributed by atoms with E-state index in [0.717, 1.165) is 77.0 Å². The van der Waals surface area contributed by atoms with Gasteiger partial charge in [-0.05, 0) is 83.5 Å². The molecule has 2 unspecified atom stereocenters. The van der Waals surface area contributed by atoms with Crippen molar-refractivity contribution < 1.29 is 24.5 Å². The van der Waals surface area contributed by atoms with Gasteiger partial charge in [0.15, 0.2) is 0 Å². The zero-order valence-electron chi connectivity index (χ0n) is 42.3. The molecule has 0 aliphatic carbocycles. The monoisotopic (exact) mass is 888 g/mol. The molecule has 6 nitrogen and oxygen atoms in total. The van der Waals surface area contributed by atoms with Crippen LogP contribution in [0.4, 0.5) is 0 Å². The van der Waals surface area contributed by atoms with E-state index in [1.807, 2.05) is 0 Å². The molecule has 0 aromatic heterocycles. The Balaban J connectivity index is 3.50. The number of amides is 1. The van der Waals surface area contributed by atoms with Crippen LogP contribution in [0.1, 0.15) is 303 Å². The minimum absolute atomic E-state index is 0.0297. The first-order chi connectivity index (χ1) is 31.0. The summed E-state index contributed by atoms with van der Waals surface area (Å²) in [6.45, 7) is 4.90. The second-order valence-corrected chi connectivity index (χ2v) is 19.3. The van der Waals surface area contributed by atoms with Gasteiger partial charge < -0.3 is 20.3 Å². The van der Waals surface area contributed by atoms with Gasteiger partial charge in [0.05, 0.1) is 25.4 Å². The van der Waals surface area contributed by atoms with Crippen LogP contribution in [-0.2, 0) is 14.3 Å². The molecule has 0 radical (unpaired) electrons. The van der Waals surface area contributed by atoms with Crippen LogP contribution in [0.25, 0.3) is 0 Å². The Morgan fingerprint density at radius 1 is 0.429 bits per heavy atom. The number of aliphatic hydroxyl groups is 2. The smallest absolute Gasteiger partial charge is 0.305 e. The number of allylic oxidation sites excluding steroid dienone is 4. The average Bonchev–Trinajstić information content (AvgIpc) is 3.28. The lowest BCUT2D eigenvalue weighted by Crippen LogP contribution is -2.45. The molecule has 63 heavy (non-hydrogen) atoms. The van der Waals surface area contributed by atoms with E-state index in [1.54, 1.807) is 0 Å². The lowest BCUT2D eigenvalue weighted by Gasteiger charge is -2.22. The van der Waals surface area contributed by atoms with Crippen molar-refractivity contribution in [3.63, 3.8) is 0 Å². The van der Waals surface area contributed by atoms with Crippen LogP contribution in [0.15, 0.2) is 24.3 Å². The summed E-state index contributed by atoms with van der Waals surface area (Å²) in [6, 6.07) is -0.561. The minimum Gasteiger partial charge on any atom is -0.466 e. The highest BCUT2D eigenvalue weighted by molar-refractivity contribution is 5.76. The summed E-state index contributed by atoms with van der Waals surface area (Å²) in [4.78, 5) is 24.5. The number of ether oxygens (including phenoxy) is 1. The minimum atomic E-state index is -0.681. The summed E-state index contributed by atoms with van der Waals surface area (Å²) in [6.07, 6.45) is 63.0. The number of rotatable bonds is 52. The van der Waals surface area contributed by atoms with Crippen molar-refractivity contribution >= 4 is 11.9 Å². The van der Waals surface area contributed by atoms with Crippen molar-refractivity contribution in [3.8, 4) is 0 Å². The van der Waals surface area contributed by atoms with Crippen molar-refractivity contribution in [2.24, 2.45) is 0 Å². The fourth-order valence-corrected chi connectivity index (χ4v) is 8.63. The molecule has 6 heteroatoms. The second-order valence-electron chi connectivity index (χ2n) is 19.3. The van der Waals surface area contributed by atoms with Crippen molar-refractivity contribution in [2.75, 3.05) is 13.2 Å². The van der Waals surface area contributed by atoms with Crippen LogP contribution in [0, 0.1) is 0 Å². The SMILES string of the molecule is CCCCCCCCC/C=C\CCCCCCCC(=O)OCCCCC/C=C\CCCCCCCC(=O)NC(CO)C(O)CCCCCCCCCCCCCCCCCCCC. The van der Waals surface area contributed by atoms with Crippen LogP contribution in [0.3, 0.4) is 0 Å². The number of hydrogen-bond acceptors (Lipinski definition) is 5. The molecule has 2 atom stereocenters. The van der Waals surface area contributed by atoms with Crippen LogP contribution < -0.4 is 5.32 Å². The van der Waals surface area contributed by atoms with Gasteiger partial charge in [0.25, 0.3) is 0 Å². The van der Waals surface area contributed by atoms with Crippen LogP contribution in [-0.4, -0.2) is 47.4 Å². The lowest BCUT2D eigenvalue weighted by atomic mass is 10.0. The average molecular weight is 889 g/mol. The van der Waals surface area contributed by atoms with E-state index in [0.29, 0.717) is 25.9 Å². The molecule has 0 saturated heterocycles. The van der Waals surface area contributed by atoms with Crippen molar-refractivity contribution in [2.45, 2.75) is 315 Å². The molecular formula is C57H109NO5. The van der Waals surface area contributed by atoms with E-state index < -0.39 is 12.1 Å². The second kappa shape index (κ2) is 53.0. The summed E-state index contributed by atoms with van der Waals surface area (Å²) in [5, 5.41) is 23.3. The van der Waals surface area contributed by atoms with E-state index in [9.17, 15) is 19.8 Å². The predicted octanol–water partition coefficient (Wildman–Crippen LogP) is 17.1. The van der Waals surface area contributed by atoms with Crippen molar-refractivity contribution in [1.29, 1.82) is 0 Å². The third-order valence-electron chi connectivity index (χ3n) is 13.0. The first-order valence-corrected chi connectivity index (χ1v) is 28.1. The molecular weight excluding hydrogens is 779 g/mol. The van der Waals surface area contributed by atoms with Gasteiger partial charge in [0.1, 0.15) is 0 Å². The molecule has 0 aliphatic heterocycles. The van der Waals surface area contributed by atoms with Gasteiger partial charge in [-0.15, -0.1) is 0 Å². The van der Waals surface area contributed by atoms with E-state index in [-0.39, 0.29) is 18.5 Å². The first-order valence-electron chi connectivity index (χ1n) is 28.1. The topological polar surface area (TPSA) is 95.9 Å². The van der Waals surface area contributed by atoms with Gasteiger partial charge in [0.2, 0.25) is 5.91 Å². The molecule has 0 saturated carbocycles. The number of esters is 1. The summed E-state index contributed by atoms with van der Waals surface area (Å²) >= 11 is 0. The molecule has 1 amide bonds. The van der Waals surface area contributed by atoms with Crippen LogP contribution in [0.5, 0.6) is 0 Å². The Hall–Kier alpha value is -1.66. The maximum atomic E-state index is 12.5. The van der Waals surface area contributed by atoms with Gasteiger partial charge in [-0.25, -0.2) is 0 Å². The van der Waals surface area contributed by atoms with Crippen LogP contribution in [0.2, 0.25) is 0 Å². The van der Waals surface area contributed by atoms with E-state index in [1.165, 1.54) is 193 Å². The Kier molecular flexibility index (Phi) is 51.6. The Morgan fingerprint density at radius 3 is 1.13 bits per heavy atom. The fourth-order valence-electron chi connectivity index (χ4n) is 8.63. The van der Waals surface area contributed by atoms with Gasteiger partial charge in [-0.1, -0.05) is 231 Å². The van der Waals surface area contributed by atoms with Crippen LogP contribution >= 0.6 is 0 Å². The number of carbonyl (C=O) groups excluding carboxylic acids is 2. The maximum Gasteiger partial charge on any atom is 0.305 e. The number of carbonyl (C=O) groups is 2. The summed E-state index contributed by atoms with van der Waals surface area (Å²) in [5.74, 6) is -0.0890. The Bertz CT molecular complexity index is 982. The van der Waals surface area contributed by atoms with E-state index >= 15 is 0 Å². The van der Waals surface area contributed by atoms with E-state index in [2.05, 4.69) is 43.5 Å². The third-order valence-corrected chi connectivity index (χ3v) is 13.0. The van der Waals surface area contributed by atoms with Crippen molar-refractivity contribution in [3.05, 3.63) is 24.3 Å². The quantitative estimate of drug-likeness (QED) is 0.0321. The van der Waals surface area contributed by atoms with Crippen molar-refractivity contribution in [1.82, 2.24) is 5.32 Å². The molecule has 0 aromatic carbocycles. The zero-order valence-corrected chi connectivity index (χ0v) is 42.3. The Morgan fingerprint density at radius 2 is 0.746 bits per heavy atom. The number of unbranched alkanes of at least 4 members (excludes halogenated alkanes) is 37. The van der Waals surface area contributed by atoms with Gasteiger partial charge >= 0.3 is 5.97 Å². The standard InChI is InChI=1S/C57H109NO5/c1-3-5-7-9-11-13-15-17-19-21-22-23-25-29-33-37-41-45-49-55(60)54(53-59)58-56(61)50-46-42-38-34-30-27-28-32-36-40-44-48-52-63-57(62)51-47-43-39-35-31-26-24-20-18-16-14-12-10-8-6-4-2/h20,24,28,32,54-55,59-60H,3-19,21-23,25-27,29-31,33-53H2,1-2H3,(H,58,61)/b24-20-,32-28-. The molecule has 372 valence electrons. The summed E-state index contributed by atoms with van der Waals surface area (Å²) in [5.41, 5.74) is 0. The number of nitrogens with one attached hydrogen (secondary N) is 1. The van der Waals surface area contributed by atoms with Gasteiger partial charge in [0, 0.05) is 12.8 Å². The molecule has 0 rings (SSSR count). The largest absolute Gasteiger partial charge is 0.466 e. The summed E-state index contributed by atoms with van der Waals surface area (Å²) in [7, 11) is 0. The highest BCUT2D eigenvalue weighted by Gasteiger charge is 2.20. The number of aliphatic hydroxyl groups excluding tert-OH is 2. The normalized spacial score (nSPS) is 12.8. The van der Waals surface area contributed by atoms with Gasteiger partial charge in [-0.2, -0.15) is 0 Å². The molecule has 3 N–H and O–H groups in total. The third kappa shape index (κ3) is 49.6. The predicted molar refractivity (Wildman–Crippen MR) is 273 cm³/mol. The molecule has 0 heterocycles. The summed E-state index contributed by atoms with van der Waals surface area (Å²) < 4.78 is 5.45. The molecule has 0 fully saturated rings. The Labute approximate surface area is 392 Å². The van der Waals surface area contributed by atoms with Gasteiger partial charge in [-0.3, -0.25) is 9.59 Å². The molecule has 0 aliphatic rings. The molecule has 0 spiro atoms. The fraction of sp³-hybridized carbons (Fsp3) is 0.895. The molecule has 0 bridgehead atoms. The first kappa shape index (κ1) is 61.3.